The lowest BCUT2D eigenvalue weighted by atomic mass is 9.78. The van der Waals surface area contributed by atoms with Gasteiger partial charge in [-0.05, 0) is 50.4 Å². The Bertz CT molecular complexity index is 409. The van der Waals surface area contributed by atoms with Crippen molar-refractivity contribution in [2.75, 3.05) is 13.1 Å². The van der Waals surface area contributed by atoms with Gasteiger partial charge < -0.3 is 5.11 Å². The Kier molecular flexibility index (Phi) is 3.91. The van der Waals surface area contributed by atoms with Crippen LogP contribution in [0.2, 0.25) is 0 Å². The van der Waals surface area contributed by atoms with Crippen LogP contribution >= 0.6 is 0 Å². The summed E-state index contributed by atoms with van der Waals surface area (Å²) in [6.07, 6.45) is 3.75. The molecule has 1 fully saturated rings. The van der Waals surface area contributed by atoms with E-state index in [0.717, 1.165) is 31.0 Å². The summed E-state index contributed by atoms with van der Waals surface area (Å²) in [5.41, 5.74) is 2.30. The number of pyridine rings is 1. The Balaban J connectivity index is 1.97. The number of likely N-dealkylation sites (tertiary alicyclic amines) is 1. The summed E-state index contributed by atoms with van der Waals surface area (Å²) in [5, 5.41) is 9.83. The van der Waals surface area contributed by atoms with Gasteiger partial charge in [0.25, 0.3) is 0 Å². The largest absolute Gasteiger partial charge is 0.506 e. The lowest BCUT2D eigenvalue weighted by Crippen LogP contribution is -2.38. The van der Waals surface area contributed by atoms with E-state index < -0.39 is 0 Å². The first kappa shape index (κ1) is 13.3. The van der Waals surface area contributed by atoms with Crippen molar-refractivity contribution in [3.8, 4) is 5.75 Å². The van der Waals surface area contributed by atoms with Crippen LogP contribution in [-0.2, 0) is 6.54 Å². The van der Waals surface area contributed by atoms with Crippen molar-refractivity contribution < 1.29 is 5.11 Å². The highest BCUT2D eigenvalue weighted by atomic mass is 16.3. The van der Waals surface area contributed by atoms with E-state index in [1.807, 2.05) is 13.0 Å². The minimum Gasteiger partial charge on any atom is -0.506 e. The molecule has 18 heavy (non-hydrogen) atoms. The van der Waals surface area contributed by atoms with E-state index in [1.54, 1.807) is 6.07 Å². The highest BCUT2D eigenvalue weighted by Gasteiger charge is 2.28. The molecular weight excluding hydrogens is 224 g/mol. The van der Waals surface area contributed by atoms with Crippen LogP contribution in [0.4, 0.5) is 0 Å². The van der Waals surface area contributed by atoms with E-state index in [0.29, 0.717) is 11.2 Å². The molecule has 1 aliphatic heterocycles. The predicted molar refractivity (Wildman–Crippen MR) is 73.5 cm³/mol. The Morgan fingerprint density at radius 2 is 2.00 bits per heavy atom. The third-order valence-corrected chi connectivity index (χ3v) is 4.38. The zero-order valence-corrected chi connectivity index (χ0v) is 11.7. The van der Waals surface area contributed by atoms with Crippen LogP contribution in [0.1, 0.15) is 44.5 Å². The van der Waals surface area contributed by atoms with Gasteiger partial charge in [0.1, 0.15) is 5.75 Å². The molecule has 2 rings (SSSR count). The number of aryl methyl sites for hydroxylation is 1. The second-order valence-electron chi connectivity index (χ2n) is 5.86. The van der Waals surface area contributed by atoms with E-state index in [9.17, 15) is 5.11 Å². The average Bonchev–Trinajstić information content (AvgIpc) is 2.37. The highest BCUT2D eigenvalue weighted by molar-refractivity contribution is 5.27. The van der Waals surface area contributed by atoms with Gasteiger partial charge in [0.2, 0.25) is 0 Å². The van der Waals surface area contributed by atoms with Gasteiger partial charge in [-0.1, -0.05) is 20.3 Å². The van der Waals surface area contributed by atoms with E-state index in [-0.39, 0.29) is 0 Å². The maximum atomic E-state index is 9.83. The van der Waals surface area contributed by atoms with Crippen LogP contribution < -0.4 is 0 Å². The predicted octanol–water partition coefficient (Wildman–Crippen LogP) is 3.11. The molecule has 1 aromatic rings. The van der Waals surface area contributed by atoms with Crippen molar-refractivity contribution in [2.45, 2.75) is 46.6 Å². The summed E-state index contributed by atoms with van der Waals surface area (Å²) < 4.78 is 0. The first-order chi connectivity index (χ1) is 8.52. The average molecular weight is 248 g/mol. The van der Waals surface area contributed by atoms with Gasteiger partial charge in [-0.25, -0.2) is 0 Å². The van der Waals surface area contributed by atoms with E-state index >= 15 is 0 Å². The zero-order valence-electron chi connectivity index (χ0n) is 11.7. The fourth-order valence-corrected chi connectivity index (χ4v) is 2.54. The third-order valence-electron chi connectivity index (χ3n) is 4.38. The normalized spacial score (nSPS) is 19.9. The molecular formula is C15H24N2O. The minimum atomic E-state index is 0.324. The van der Waals surface area contributed by atoms with Gasteiger partial charge in [0.05, 0.1) is 5.69 Å². The summed E-state index contributed by atoms with van der Waals surface area (Å²) in [6.45, 7) is 9.62. The van der Waals surface area contributed by atoms with Gasteiger partial charge >= 0.3 is 0 Å². The topological polar surface area (TPSA) is 36.4 Å². The zero-order chi connectivity index (χ0) is 13.2. The maximum absolute atomic E-state index is 9.83. The number of aromatic nitrogens is 1. The Labute approximate surface area is 110 Å². The maximum Gasteiger partial charge on any atom is 0.138 e. The second-order valence-corrected chi connectivity index (χ2v) is 5.86. The van der Waals surface area contributed by atoms with Crippen LogP contribution in [0, 0.1) is 12.3 Å². The third kappa shape index (κ3) is 3.02. The molecule has 1 N–H and O–H groups in total. The Morgan fingerprint density at radius 3 is 2.61 bits per heavy atom. The van der Waals surface area contributed by atoms with Crippen LogP contribution in [-0.4, -0.2) is 28.1 Å². The number of hydrogen-bond acceptors (Lipinski definition) is 3. The van der Waals surface area contributed by atoms with E-state index in [4.69, 9.17) is 0 Å². The lowest BCUT2D eigenvalue weighted by molar-refractivity contribution is 0.108. The smallest absolute Gasteiger partial charge is 0.138 e. The summed E-state index contributed by atoms with van der Waals surface area (Å²) in [7, 11) is 0. The van der Waals surface area contributed by atoms with E-state index in [2.05, 4.69) is 23.7 Å². The number of piperidine rings is 1. The summed E-state index contributed by atoms with van der Waals surface area (Å²) in [4.78, 5) is 6.83. The summed E-state index contributed by atoms with van der Waals surface area (Å²) in [5.74, 6) is 0.324. The summed E-state index contributed by atoms with van der Waals surface area (Å²) >= 11 is 0. The molecule has 1 saturated heterocycles. The molecule has 0 saturated carbocycles. The standard InChI is InChI=1S/C15H24N2O/c1-4-15(3)7-9-17(10-8-15)11-13-14(18)6-5-12(2)16-13/h5-6,18H,4,7-11H2,1-3H3. The number of rotatable bonds is 3. The van der Waals surface area contributed by atoms with Crippen molar-refractivity contribution >= 4 is 0 Å². The van der Waals surface area contributed by atoms with Gasteiger partial charge in [-0.2, -0.15) is 0 Å². The molecule has 0 aliphatic carbocycles. The first-order valence-corrected chi connectivity index (χ1v) is 6.90. The van der Waals surface area contributed by atoms with Crippen LogP contribution in [0.25, 0.3) is 0 Å². The van der Waals surface area contributed by atoms with Crippen molar-refractivity contribution in [3.05, 3.63) is 23.5 Å². The number of nitrogens with zero attached hydrogens (tertiary/aromatic N) is 2. The van der Waals surface area contributed by atoms with Crippen molar-refractivity contribution in [2.24, 2.45) is 5.41 Å². The van der Waals surface area contributed by atoms with Crippen molar-refractivity contribution in [1.29, 1.82) is 0 Å². The number of aromatic hydroxyl groups is 1. The fraction of sp³-hybridized carbons (Fsp3) is 0.667. The van der Waals surface area contributed by atoms with Gasteiger partial charge in [0.15, 0.2) is 0 Å². The van der Waals surface area contributed by atoms with Crippen LogP contribution in [0.5, 0.6) is 5.75 Å². The SMILES string of the molecule is CCC1(C)CCN(Cc2nc(C)ccc2O)CC1. The molecule has 1 aliphatic rings. The van der Waals surface area contributed by atoms with E-state index in [1.165, 1.54) is 19.3 Å². The molecule has 2 heterocycles. The molecule has 0 bridgehead atoms. The van der Waals surface area contributed by atoms with Gasteiger partial charge in [-0.3, -0.25) is 9.88 Å². The molecule has 0 atom stereocenters. The fourth-order valence-electron chi connectivity index (χ4n) is 2.54. The first-order valence-electron chi connectivity index (χ1n) is 6.90. The van der Waals surface area contributed by atoms with Crippen molar-refractivity contribution in [3.63, 3.8) is 0 Å². The molecule has 1 aromatic heterocycles. The molecule has 0 aromatic carbocycles. The Hall–Kier alpha value is -1.09. The molecule has 100 valence electrons. The highest BCUT2D eigenvalue weighted by Crippen LogP contribution is 2.34. The molecule has 0 unspecified atom stereocenters. The number of hydrogen-bond donors (Lipinski definition) is 1. The summed E-state index contributed by atoms with van der Waals surface area (Å²) in [6, 6.07) is 3.60. The van der Waals surface area contributed by atoms with Crippen LogP contribution in [0.3, 0.4) is 0 Å². The molecule has 3 nitrogen and oxygen atoms in total. The Morgan fingerprint density at radius 1 is 1.33 bits per heavy atom. The monoisotopic (exact) mass is 248 g/mol. The molecule has 0 spiro atoms. The lowest BCUT2D eigenvalue weighted by Gasteiger charge is -2.38. The van der Waals surface area contributed by atoms with Crippen LogP contribution in [0.15, 0.2) is 12.1 Å². The van der Waals surface area contributed by atoms with Crippen molar-refractivity contribution in [1.82, 2.24) is 9.88 Å². The van der Waals surface area contributed by atoms with Gasteiger partial charge in [0, 0.05) is 12.2 Å². The quantitative estimate of drug-likeness (QED) is 0.893. The minimum absolute atomic E-state index is 0.324. The molecule has 0 amide bonds. The molecule has 0 radical (unpaired) electrons. The molecule has 3 heteroatoms. The second kappa shape index (κ2) is 5.27. The van der Waals surface area contributed by atoms with Gasteiger partial charge in [-0.15, -0.1) is 0 Å².